The first-order valence-corrected chi connectivity index (χ1v) is 13.6. The molecule has 1 aromatic heterocycles. The number of nitrogens with zero attached hydrogens (tertiary/aromatic N) is 3. The maximum atomic E-state index is 12.6. The minimum Gasteiger partial charge on any atom is -0.364 e. The lowest BCUT2D eigenvalue weighted by Gasteiger charge is -2.53. The molecule has 0 saturated carbocycles. The van der Waals surface area contributed by atoms with Gasteiger partial charge in [-0.1, -0.05) is 45.4 Å². The fourth-order valence-electron chi connectivity index (χ4n) is 6.05. The number of aryl methyl sites for hydroxylation is 1. The van der Waals surface area contributed by atoms with Gasteiger partial charge in [0.05, 0.1) is 16.7 Å². The highest BCUT2D eigenvalue weighted by molar-refractivity contribution is 7.89. The average molecular weight is 469 g/mol. The molecule has 4 rings (SSSR count). The molecule has 1 atom stereocenters. The average Bonchev–Trinajstić information content (AvgIpc) is 3.12. The second-order valence-electron chi connectivity index (χ2n) is 9.29. The standard InChI is InChI=1S/C26H36N4O2S/c1-5-21-11-10-16-30(26(21,6-2)7-3)24-17-20(14-15-25(24)33(27,31)32)18-29-19(4)28-22-12-8-9-13-23(22)29/h8-9,12-15,17,21H,5-7,10-11,16,18H2,1-4H3,(H2,27,31,32). The number of primary sulfonamides is 1. The molecule has 2 heterocycles. The number of rotatable bonds is 7. The third kappa shape index (κ3) is 4.17. The van der Waals surface area contributed by atoms with E-state index in [9.17, 15) is 8.42 Å². The Morgan fingerprint density at radius 2 is 1.85 bits per heavy atom. The van der Waals surface area contributed by atoms with Crippen molar-refractivity contribution in [1.82, 2.24) is 9.55 Å². The van der Waals surface area contributed by atoms with Crippen LogP contribution in [0.3, 0.4) is 0 Å². The van der Waals surface area contributed by atoms with Gasteiger partial charge in [-0.25, -0.2) is 18.5 Å². The molecule has 178 valence electrons. The number of hydrogen-bond acceptors (Lipinski definition) is 4. The van der Waals surface area contributed by atoms with Crippen LogP contribution in [0, 0.1) is 12.8 Å². The van der Waals surface area contributed by atoms with Gasteiger partial charge in [0, 0.05) is 18.6 Å². The number of nitrogens with two attached hydrogens (primary N) is 1. The summed E-state index contributed by atoms with van der Waals surface area (Å²) < 4.78 is 27.4. The smallest absolute Gasteiger partial charge is 0.240 e. The molecule has 2 N–H and O–H groups in total. The lowest BCUT2D eigenvalue weighted by atomic mass is 9.71. The van der Waals surface area contributed by atoms with Crippen LogP contribution in [0.25, 0.3) is 11.0 Å². The van der Waals surface area contributed by atoms with Crippen molar-refractivity contribution >= 4 is 26.7 Å². The van der Waals surface area contributed by atoms with E-state index in [1.165, 1.54) is 6.42 Å². The summed E-state index contributed by atoms with van der Waals surface area (Å²) in [5, 5.41) is 5.72. The summed E-state index contributed by atoms with van der Waals surface area (Å²) in [6.07, 6.45) is 5.27. The third-order valence-corrected chi connectivity index (χ3v) is 8.71. The van der Waals surface area contributed by atoms with Gasteiger partial charge < -0.3 is 9.47 Å². The highest BCUT2D eigenvalue weighted by atomic mass is 32.2. The quantitative estimate of drug-likeness (QED) is 0.515. The number of fused-ring (bicyclic) bond motifs is 1. The number of aromatic nitrogens is 2. The molecule has 1 fully saturated rings. The number of imidazole rings is 1. The van der Waals surface area contributed by atoms with Crippen LogP contribution >= 0.6 is 0 Å². The molecule has 33 heavy (non-hydrogen) atoms. The first kappa shape index (κ1) is 23.8. The van der Waals surface area contributed by atoms with E-state index in [4.69, 9.17) is 5.14 Å². The van der Waals surface area contributed by atoms with E-state index in [2.05, 4.69) is 41.3 Å². The van der Waals surface area contributed by atoms with Crippen molar-refractivity contribution in [3.63, 3.8) is 0 Å². The van der Waals surface area contributed by atoms with E-state index in [0.717, 1.165) is 60.3 Å². The molecule has 1 aliphatic heterocycles. The fraction of sp³-hybridized carbons (Fsp3) is 0.500. The molecule has 2 aromatic carbocycles. The van der Waals surface area contributed by atoms with Crippen molar-refractivity contribution in [3.8, 4) is 0 Å². The molecule has 0 amide bonds. The zero-order chi connectivity index (χ0) is 23.8. The second kappa shape index (κ2) is 9.11. The van der Waals surface area contributed by atoms with E-state index in [1.807, 2.05) is 37.3 Å². The van der Waals surface area contributed by atoms with Crippen molar-refractivity contribution < 1.29 is 8.42 Å². The lowest BCUT2D eigenvalue weighted by molar-refractivity contribution is 0.178. The van der Waals surface area contributed by atoms with Gasteiger partial charge in [0.25, 0.3) is 0 Å². The molecule has 7 heteroatoms. The number of para-hydroxylation sites is 2. The fourth-order valence-corrected chi connectivity index (χ4v) is 6.77. The van der Waals surface area contributed by atoms with Crippen LogP contribution in [0.2, 0.25) is 0 Å². The van der Waals surface area contributed by atoms with Gasteiger partial charge in [-0.3, -0.25) is 0 Å². The maximum Gasteiger partial charge on any atom is 0.240 e. The van der Waals surface area contributed by atoms with E-state index in [1.54, 1.807) is 6.07 Å². The molecule has 0 bridgehead atoms. The van der Waals surface area contributed by atoms with Gasteiger partial charge in [0.1, 0.15) is 10.7 Å². The molecule has 6 nitrogen and oxygen atoms in total. The van der Waals surface area contributed by atoms with Crippen molar-refractivity contribution in [3.05, 3.63) is 53.9 Å². The summed E-state index contributed by atoms with van der Waals surface area (Å²) >= 11 is 0. The van der Waals surface area contributed by atoms with Crippen molar-refractivity contribution in [2.45, 2.75) is 76.8 Å². The molecule has 0 aliphatic carbocycles. The van der Waals surface area contributed by atoms with Gasteiger partial charge in [0.15, 0.2) is 0 Å². The maximum absolute atomic E-state index is 12.6. The summed E-state index contributed by atoms with van der Waals surface area (Å²) in [5.74, 6) is 1.46. The first-order valence-electron chi connectivity index (χ1n) is 12.1. The Hall–Kier alpha value is -2.38. The SMILES string of the molecule is CCC1CCCN(c2cc(Cn3c(C)nc4ccccc43)ccc2S(N)(=O)=O)C1(CC)CC. The van der Waals surface area contributed by atoms with E-state index in [0.29, 0.717) is 12.5 Å². The minimum absolute atomic E-state index is 0.0668. The van der Waals surface area contributed by atoms with E-state index >= 15 is 0 Å². The normalized spacial score (nSPS) is 18.7. The zero-order valence-corrected chi connectivity index (χ0v) is 21.0. The van der Waals surface area contributed by atoms with Gasteiger partial charge >= 0.3 is 0 Å². The van der Waals surface area contributed by atoms with E-state index in [-0.39, 0.29) is 10.4 Å². The highest BCUT2D eigenvalue weighted by Gasteiger charge is 2.44. The van der Waals surface area contributed by atoms with Gasteiger partial charge in [-0.05, 0) is 68.4 Å². The molecular weight excluding hydrogens is 432 g/mol. The predicted molar refractivity (Wildman–Crippen MR) is 135 cm³/mol. The Balaban J connectivity index is 1.85. The molecule has 0 spiro atoms. The Bertz CT molecular complexity index is 1240. The second-order valence-corrected chi connectivity index (χ2v) is 10.8. The van der Waals surface area contributed by atoms with Crippen LogP contribution in [-0.2, 0) is 16.6 Å². The number of piperidine rings is 1. The summed E-state index contributed by atoms with van der Waals surface area (Å²) in [4.78, 5) is 7.28. The Labute approximate surface area is 197 Å². The summed E-state index contributed by atoms with van der Waals surface area (Å²) in [6, 6.07) is 13.7. The molecular formula is C26H36N4O2S. The lowest BCUT2D eigenvalue weighted by Crippen LogP contribution is -2.57. The van der Waals surface area contributed by atoms with Crippen LogP contribution in [0.4, 0.5) is 5.69 Å². The van der Waals surface area contributed by atoms with Crippen LogP contribution in [0.15, 0.2) is 47.4 Å². The summed E-state index contributed by atoms with van der Waals surface area (Å²) in [7, 11) is -3.86. The number of hydrogen-bond donors (Lipinski definition) is 1. The Morgan fingerprint density at radius 1 is 1.12 bits per heavy atom. The van der Waals surface area contributed by atoms with Crippen LogP contribution in [-0.4, -0.2) is 30.1 Å². The topological polar surface area (TPSA) is 81.2 Å². The van der Waals surface area contributed by atoms with Crippen molar-refractivity contribution in [2.75, 3.05) is 11.4 Å². The summed E-state index contributed by atoms with van der Waals surface area (Å²) in [5.41, 5.74) is 3.77. The Kier molecular flexibility index (Phi) is 6.56. The monoisotopic (exact) mass is 468 g/mol. The zero-order valence-electron chi connectivity index (χ0n) is 20.2. The van der Waals surface area contributed by atoms with Crippen molar-refractivity contribution in [1.29, 1.82) is 0 Å². The summed E-state index contributed by atoms with van der Waals surface area (Å²) in [6.45, 7) is 10.2. The molecule has 1 unspecified atom stereocenters. The van der Waals surface area contributed by atoms with Crippen LogP contribution in [0.1, 0.15) is 64.3 Å². The van der Waals surface area contributed by atoms with Crippen LogP contribution < -0.4 is 10.0 Å². The number of sulfonamides is 1. The van der Waals surface area contributed by atoms with Gasteiger partial charge in [0.2, 0.25) is 10.0 Å². The van der Waals surface area contributed by atoms with Crippen LogP contribution in [0.5, 0.6) is 0 Å². The van der Waals surface area contributed by atoms with Gasteiger partial charge in [-0.2, -0.15) is 0 Å². The molecule has 1 saturated heterocycles. The molecule has 1 aliphatic rings. The highest BCUT2D eigenvalue weighted by Crippen LogP contribution is 2.45. The molecule has 3 aromatic rings. The third-order valence-electron chi connectivity index (χ3n) is 7.76. The minimum atomic E-state index is -3.86. The Morgan fingerprint density at radius 3 is 2.52 bits per heavy atom. The number of anilines is 1. The van der Waals surface area contributed by atoms with Crippen molar-refractivity contribution in [2.24, 2.45) is 11.1 Å². The molecule has 0 radical (unpaired) electrons. The van der Waals surface area contributed by atoms with Gasteiger partial charge in [-0.15, -0.1) is 0 Å². The van der Waals surface area contributed by atoms with E-state index < -0.39 is 10.0 Å². The number of benzene rings is 2. The largest absolute Gasteiger partial charge is 0.364 e. The first-order chi connectivity index (χ1) is 15.7. The predicted octanol–water partition coefficient (Wildman–Crippen LogP) is 5.23.